The summed E-state index contributed by atoms with van der Waals surface area (Å²) in [7, 11) is 0. The van der Waals surface area contributed by atoms with E-state index < -0.39 is 0 Å². The van der Waals surface area contributed by atoms with Crippen molar-refractivity contribution < 1.29 is 9.59 Å². The second-order valence-corrected chi connectivity index (χ2v) is 5.54. The van der Waals surface area contributed by atoms with Gasteiger partial charge in [0.1, 0.15) is 6.04 Å². The van der Waals surface area contributed by atoms with Crippen LogP contribution in [0.25, 0.3) is 0 Å². The minimum atomic E-state index is -0.306. The Morgan fingerprint density at radius 2 is 2.12 bits per heavy atom. The van der Waals surface area contributed by atoms with E-state index in [2.05, 4.69) is 11.6 Å². The number of hydrogen-bond donors (Lipinski definition) is 1. The van der Waals surface area contributed by atoms with Gasteiger partial charge in [-0.1, -0.05) is 6.42 Å². The molecule has 16 heavy (non-hydrogen) atoms. The molecule has 3 unspecified atom stereocenters. The first kappa shape index (κ1) is 11.8. The fourth-order valence-electron chi connectivity index (χ4n) is 2.72. The lowest BCUT2D eigenvalue weighted by Gasteiger charge is -2.39. The Bertz CT molecular complexity index is 308. The molecule has 0 spiro atoms. The minimum Gasteiger partial charge on any atom is -0.345 e. The molecule has 2 rings (SSSR count). The molecule has 0 aromatic rings. The Labute approximate surface area is 100 Å². The van der Waals surface area contributed by atoms with E-state index in [9.17, 15) is 9.59 Å². The molecule has 1 saturated heterocycles. The molecule has 90 valence electrons. The molecule has 1 saturated carbocycles. The van der Waals surface area contributed by atoms with Crippen LogP contribution in [0.15, 0.2) is 0 Å². The summed E-state index contributed by atoms with van der Waals surface area (Å²) in [6.07, 6.45) is 5.44. The third kappa shape index (κ3) is 1.93. The van der Waals surface area contributed by atoms with Crippen molar-refractivity contribution in [2.45, 2.75) is 43.5 Å². The van der Waals surface area contributed by atoms with Crippen molar-refractivity contribution in [2.75, 3.05) is 12.8 Å². The van der Waals surface area contributed by atoms with Gasteiger partial charge in [0, 0.05) is 11.3 Å². The molecule has 1 aliphatic carbocycles. The zero-order chi connectivity index (χ0) is 11.7. The maximum Gasteiger partial charge on any atom is 0.242 e. The standard InChI is InChI=1S/C11H18N2O2S/c1-7-11(15)12-6-10(14)13(7)8-4-3-5-9(8)16-2/h7-9H,3-6H2,1-2H3,(H,12,15). The van der Waals surface area contributed by atoms with Crippen LogP contribution >= 0.6 is 11.8 Å². The van der Waals surface area contributed by atoms with Gasteiger partial charge in [0.15, 0.2) is 0 Å². The van der Waals surface area contributed by atoms with Crippen LogP contribution in [0.5, 0.6) is 0 Å². The number of nitrogens with zero attached hydrogens (tertiary/aromatic N) is 1. The van der Waals surface area contributed by atoms with Crippen LogP contribution in [0.2, 0.25) is 0 Å². The zero-order valence-corrected chi connectivity index (χ0v) is 10.5. The lowest BCUT2D eigenvalue weighted by Crippen LogP contribution is -2.61. The molecule has 1 aliphatic heterocycles. The fourth-order valence-corrected chi connectivity index (χ4v) is 3.70. The highest BCUT2D eigenvalue weighted by Gasteiger charge is 2.41. The summed E-state index contributed by atoms with van der Waals surface area (Å²) >= 11 is 1.81. The highest BCUT2D eigenvalue weighted by Crippen LogP contribution is 2.33. The molecule has 3 atom stereocenters. The number of carbonyl (C=O) groups excluding carboxylic acids is 2. The van der Waals surface area contributed by atoms with Gasteiger partial charge in [-0.3, -0.25) is 9.59 Å². The average molecular weight is 242 g/mol. The average Bonchev–Trinajstić information content (AvgIpc) is 2.72. The van der Waals surface area contributed by atoms with Gasteiger partial charge in [-0.2, -0.15) is 11.8 Å². The van der Waals surface area contributed by atoms with E-state index >= 15 is 0 Å². The van der Waals surface area contributed by atoms with Gasteiger partial charge in [-0.25, -0.2) is 0 Å². The van der Waals surface area contributed by atoms with Crippen molar-refractivity contribution >= 4 is 23.6 Å². The monoisotopic (exact) mass is 242 g/mol. The molecular weight excluding hydrogens is 224 g/mol. The van der Waals surface area contributed by atoms with Gasteiger partial charge in [0.25, 0.3) is 0 Å². The third-order valence-electron chi connectivity index (χ3n) is 3.58. The first-order valence-corrected chi connectivity index (χ1v) is 7.05. The summed E-state index contributed by atoms with van der Waals surface area (Å²) in [6.45, 7) is 1.99. The lowest BCUT2D eigenvalue weighted by atomic mass is 10.1. The van der Waals surface area contributed by atoms with Crippen LogP contribution in [-0.4, -0.2) is 46.8 Å². The van der Waals surface area contributed by atoms with Crippen LogP contribution in [-0.2, 0) is 9.59 Å². The topological polar surface area (TPSA) is 49.4 Å². The van der Waals surface area contributed by atoms with Crippen molar-refractivity contribution in [1.82, 2.24) is 10.2 Å². The number of carbonyl (C=O) groups is 2. The number of hydrogen-bond acceptors (Lipinski definition) is 3. The highest BCUT2D eigenvalue weighted by atomic mass is 32.2. The molecule has 2 aliphatic rings. The fraction of sp³-hybridized carbons (Fsp3) is 0.818. The third-order valence-corrected chi connectivity index (χ3v) is 4.73. The van der Waals surface area contributed by atoms with Gasteiger partial charge >= 0.3 is 0 Å². The molecule has 0 radical (unpaired) electrons. The summed E-state index contributed by atoms with van der Waals surface area (Å²) in [6, 6.07) is -0.0532. The Balaban J connectivity index is 2.16. The number of rotatable bonds is 2. The highest BCUT2D eigenvalue weighted by molar-refractivity contribution is 7.99. The second kappa shape index (κ2) is 4.65. The molecule has 1 N–H and O–H groups in total. The van der Waals surface area contributed by atoms with Crippen LogP contribution < -0.4 is 5.32 Å². The van der Waals surface area contributed by atoms with Gasteiger partial charge in [0.2, 0.25) is 11.8 Å². The summed E-state index contributed by atoms with van der Waals surface area (Å²) in [5.74, 6) is 0.0457. The van der Waals surface area contributed by atoms with E-state index in [4.69, 9.17) is 0 Å². The maximum atomic E-state index is 11.9. The molecule has 5 heteroatoms. The van der Waals surface area contributed by atoms with Gasteiger partial charge in [0.05, 0.1) is 6.54 Å². The van der Waals surface area contributed by atoms with Gasteiger partial charge < -0.3 is 10.2 Å². The number of amides is 2. The Morgan fingerprint density at radius 1 is 1.38 bits per heavy atom. The number of thioether (sulfide) groups is 1. The molecule has 2 amide bonds. The summed E-state index contributed by atoms with van der Waals surface area (Å²) < 4.78 is 0. The molecular formula is C11H18N2O2S. The largest absolute Gasteiger partial charge is 0.345 e. The van der Waals surface area contributed by atoms with Crippen molar-refractivity contribution in [3.8, 4) is 0 Å². The second-order valence-electron chi connectivity index (χ2n) is 4.47. The number of nitrogens with one attached hydrogen (secondary N) is 1. The predicted octanol–water partition coefficient (Wildman–Crippen LogP) is 0.617. The summed E-state index contributed by atoms with van der Waals surface area (Å²) in [5.41, 5.74) is 0. The van der Waals surface area contributed by atoms with Gasteiger partial charge in [-0.05, 0) is 26.0 Å². The Morgan fingerprint density at radius 3 is 2.81 bits per heavy atom. The van der Waals surface area contributed by atoms with Crippen LogP contribution in [0, 0.1) is 0 Å². The van der Waals surface area contributed by atoms with E-state index in [-0.39, 0.29) is 30.4 Å². The predicted molar refractivity (Wildman–Crippen MR) is 64.3 cm³/mol. The SMILES string of the molecule is CSC1CCCC1N1C(=O)CNC(=O)C1C. The molecule has 0 aromatic heterocycles. The Kier molecular flexibility index (Phi) is 3.42. The summed E-state index contributed by atoms with van der Waals surface area (Å²) in [5, 5.41) is 3.13. The van der Waals surface area contributed by atoms with E-state index in [1.54, 1.807) is 0 Å². The smallest absolute Gasteiger partial charge is 0.242 e. The van der Waals surface area contributed by atoms with Crippen molar-refractivity contribution in [3.05, 3.63) is 0 Å². The normalized spacial score (nSPS) is 35.4. The molecule has 1 heterocycles. The Hall–Kier alpha value is -0.710. The number of piperazine rings is 1. The van der Waals surface area contributed by atoms with Crippen LogP contribution in [0.3, 0.4) is 0 Å². The summed E-state index contributed by atoms with van der Waals surface area (Å²) in [4.78, 5) is 25.3. The lowest BCUT2D eigenvalue weighted by molar-refractivity contribution is -0.147. The van der Waals surface area contributed by atoms with Crippen molar-refractivity contribution in [2.24, 2.45) is 0 Å². The molecule has 4 nitrogen and oxygen atoms in total. The molecule has 2 fully saturated rings. The molecule has 0 aromatic carbocycles. The van der Waals surface area contributed by atoms with Crippen molar-refractivity contribution in [3.63, 3.8) is 0 Å². The van der Waals surface area contributed by atoms with E-state index in [0.29, 0.717) is 5.25 Å². The zero-order valence-electron chi connectivity index (χ0n) is 9.73. The minimum absolute atomic E-state index is 0.0219. The van der Waals surface area contributed by atoms with E-state index in [1.807, 2.05) is 23.6 Å². The van der Waals surface area contributed by atoms with Gasteiger partial charge in [-0.15, -0.1) is 0 Å². The van der Waals surface area contributed by atoms with Crippen molar-refractivity contribution in [1.29, 1.82) is 0 Å². The first-order chi connectivity index (χ1) is 7.65. The van der Waals surface area contributed by atoms with E-state index in [1.165, 1.54) is 0 Å². The molecule has 0 bridgehead atoms. The van der Waals surface area contributed by atoms with Crippen LogP contribution in [0.1, 0.15) is 26.2 Å². The first-order valence-electron chi connectivity index (χ1n) is 5.77. The maximum absolute atomic E-state index is 11.9. The van der Waals surface area contributed by atoms with Crippen LogP contribution in [0.4, 0.5) is 0 Å². The quantitative estimate of drug-likeness (QED) is 0.772. The van der Waals surface area contributed by atoms with E-state index in [0.717, 1.165) is 19.3 Å².